The summed E-state index contributed by atoms with van der Waals surface area (Å²) in [6.45, 7) is 5.64. The number of nitrogens with zero attached hydrogens (tertiary/aromatic N) is 2. The molecule has 0 fully saturated rings. The number of hydrogen-bond acceptors (Lipinski definition) is 5. The molecule has 0 atom stereocenters. The molecule has 0 aromatic heterocycles. The molecule has 0 spiro atoms. The lowest BCUT2D eigenvalue weighted by Gasteiger charge is -2.20. The van der Waals surface area contributed by atoms with Gasteiger partial charge >= 0.3 is 0 Å². The van der Waals surface area contributed by atoms with Crippen LogP contribution >= 0.6 is 24.0 Å². The zero-order valence-corrected chi connectivity index (χ0v) is 13.5. The first kappa shape index (κ1) is 17.4. The number of carbonyl (C=O) groups excluding carboxylic acids is 1. The maximum Gasteiger partial charge on any atom is 0.269 e. The van der Waals surface area contributed by atoms with Crippen LogP contribution < -0.4 is 5.32 Å². The van der Waals surface area contributed by atoms with Gasteiger partial charge in [-0.2, -0.15) is 0 Å². The number of anilines is 1. The zero-order chi connectivity index (χ0) is 15.8. The van der Waals surface area contributed by atoms with Gasteiger partial charge in [0.2, 0.25) is 5.91 Å². The van der Waals surface area contributed by atoms with E-state index in [1.807, 2.05) is 18.7 Å². The van der Waals surface area contributed by atoms with Gasteiger partial charge in [0.25, 0.3) is 5.69 Å². The van der Waals surface area contributed by atoms with Crippen LogP contribution in [0.25, 0.3) is 0 Å². The highest BCUT2D eigenvalue weighted by Crippen LogP contribution is 2.16. The lowest BCUT2D eigenvalue weighted by atomic mass is 10.3. The highest BCUT2D eigenvalue weighted by Gasteiger charge is 2.10. The zero-order valence-electron chi connectivity index (χ0n) is 11.9. The first-order valence-corrected chi connectivity index (χ1v) is 7.83. The van der Waals surface area contributed by atoms with Crippen molar-refractivity contribution >= 4 is 45.6 Å². The summed E-state index contributed by atoms with van der Waals surface area (Å²) in [6.07, 6.45) is 0. The third-order valence-corrected chi connectivity index (χ3v) is 4.23. The maximum absolute atomic E-state index is 11.8. The van der Waals surface area contributed by atoms with E-state index < -0.39 is 4.92 Å². The molecule has 1 aromatic carbocycles. The van der Waals surface area contributed by atoms with Gasteiger partial charge in [-0.25, -0.2) is 0 Å². The molecule has 1 rings (SSSR count). The Labute approximate surface area is 133 Å². The van der Waals surface area contributed by atoms with Crippen LogP contribution in [0.15, 0.2) is 24.3 Å². The molecule has 114 valence electrons. The SMILES string of the molecule is CCN(CC)C(=S)SCC(=O)Nc1ccc([N+](=O)[O-])cc1. The number of hydrogen-bond donors (Lipinski definition) is 1. The van der Waals surface area contributed by atoms with Crippen molar-refractivity contribution < 1.29 is 9.72 Å². The molecule has 0 heterocycles. The van der Waals surface area contributed by atoms with Crippen molar-refractivity contribution in [2.45, 2.75) is 13.8 Å². The van der Waals surface area contributed by atoms with Crippen LogP contribution in [-0.4, -0.2) is 38.9 Å². The van der Waals surface area contributed by atoms with Gasteiger partial charge < -0.3 is 10.2 Å². The summed E-state index contributed by atoms with van der Waals surface area (Å²) < 4.78 is 0.693. The number of thioether (sulfide) groups is 1. The normalized spacial score (nSPS) is 10.0. The van der Waals surface area contributed by atoms with Crippen LogP contribution in [0.4, 0.5) is 11.4 Å². The summed E-state index contributed by atoms with van der Waals surface area (Å²) in [5, 5.41) is 13.2. The predicted molar refractivity (Wildman–Crippen MR) is 89.7 cm³/mol. The van der Waals surface area contributed by atoms with Crippen molar-refractivity contribution in [2.75, 3.05) is 24.2 Å². The highest BCUT2D eigenvalue weighted by molar-refractivity contribution is 8.23. The molecule has 0 aliphatic rings. The van der Waals surface area contributed by atoms with Gasteiger partial charge in [0, 0.05) is 30.9 Å². The fraction of sp³-hybridized carbons (Fsp3) is 0.385. The van der Waals surface area contributed by atoms with E-state index >= 15 is 0 Å². The van der Waals surface area contributed by atoms with Gasteiger partial charge in [-0.1, -0.05) is 24.0 Å². The van der Waals surface area contributed by atoms with Crippen molar-refractivity contribution in [1.82, 2.24) is 4.90 Å². The van der Waals surface area contributed by atoms with E-state index in [0.29, 0.717) is 10.0 Å². The smallest absolute Gasteiger partial charge is 0.269 e. The molecule has 0 bridgehead atoms. The highest BCUT2D eigenvalue weighted by atomic mass is 32.2. The topological polar surface area (TPSA) is 75.5 Å². The van der Waals surface area contributed by atoms with E-state index in [1.165, 1.54) is 36.0 Å². The Morgan fingerprint density at radius 1 is 1.33 bits per heavy atom. The summed E-state index contributed by atoms with van der Waals surface area (Å²) in [7, 11) is 0. The number of nitro groups is 1. The number of nitro benzene ring substituents is 1. The average Bonchev–Trinajstić information content (AvgIpc) is 2.47. The standard InChI is InChI=1S/C13H17N3O3S2/c1-3-15(4-2)13(20)21-9-12(17)14-10-5-7-11(8-6-10)16(18)19/h5-8H,3-4,9H2,1-2H3,(H,14,17). The second-order valence-electron chi connectivity index (χ2n) is 4.08. The van der Waals surface area contributed by atoms with Gasteiger partial charge in [-0.15, -0.1) is 0 Å². The Balaban J connectivity index is 2.47. The molecule has 0 saturated carbocycles. The van der Waals surface area contributed by atoms with Crippen LogP contribution in [0, 0.1) is 10.1 Å². The minimum Gasteiger partial charge on any atom is -0.358 e. The molecule has 0 unspecified atom stereocenters. The largest absolute Gasteiger partial charge is 0.358 e. The molecule has 1 N–H and O–H groups in total. The van der Waals surface area contributed by atoms with E-state index in [0.717, 1.165) is 13.1 Å². The third-order valence-electron chi connectivity index (χ3n) is 2.71. The van der Waals surface area contributed by atoms with Crippen molar-refractivity contribution in [1.29, 1.82) is 0 Å². The molecule has 1 amide bonds. The summed E-state index contributed by atoms with van der Waals surface area (Å²) in [5.74, 6) is 0.0233. The van der Waals surface area contributed by atoms with E-state index in [4.69, 9.17) is 12.2 Å². The number of nitrogens with one attached hydrogen (secondary N) is 1. The van der Waals surface area contributed by atoms with Crippen LogP contribution in [0.5, 0.6) is 0 Å². The van der Waals surface area contributed by atoms with Gasteiger partial charge in [0.15, 0.2) is 0 Å². The number of carbonyl (C=O) groups is 1. The summed E-state index contributed by atoms with van der Waals surface area (Å²) >= 11 is 6.54. The second kappa shape index (κ2) is 8.58. The number of amides is 1. The van der Waals surface area contributed by atoms with Crippen molar-refractivity contribution in [3.63, 3.8) is 0 Å². The van der Waals surface area contributed by atoms with Crippen LogP contribution in [-0.2, 0) is 4.79 Å². The molecule has 0 aliphatic carbocycles. The third kappa shape index (κ3) is 5.68. The molecule has 6 nitrogen and oxygen atoms in total. The lowest BCUT2D eigenvalue weighted by Crippen LogP contribution is -2.28. The summed E-state index contributed by atoms with van der Waals surface area (Å²) in [5.41, 5.74) is 0.519. The minimum absolute atomic E-state index is 0.00918. The first-order chi connectivity index (χ1) is 9.97. The number of rotatable bonds is 6. The quantitative estimate of drug-likeness (QED) is 0.492. The fourth-order valence-electron chi connectivity index (χ4n) is 1.56. The number of thiocarbonyl (C=S) groups is 1. The van der Waals surface area contributed by atoms with Gasteiger partial charge in [0.1, 0.15) is 4.32 Å². The molecule has 8 heteroatoms. The predicted octanol–water partition coefficient (Wildman–Crippen LogP) is 2.89. The summed E-state index contributed by atoms with van der Waals surface area (Å²) in [6, 6.07) is 5.71. The van der Waals surface area contributed by atoms with Crippen LogP contribution in [0.2, 0.25) is 0 Å². The molecule has 0 saturated heterocycles. The summed E-state index contributed by atoms with van der Waals surface area (Å²) in [4.78, 5) is 23.8. The average molecular weight is 327 g/mol. The Morgan fingerprint density at radius 3 is 2.38 bits per heavy atom. The first-order valence-electron chi connectivity index (χ1n) is 6.43. The van der Waals surface area contributed by atoms with Crippen molar-refractivity contribution in [3.8, 4) is 0 Å². The van der Waals surface area contributed by atoms with E-state index in [-0.39, 0.29) is 17.3 Å². The second-order valence-corrected chi connectivity index (χ2v) is 5.69. The monoisotopic (exact) mass is 327 g/mol. The van der Waals surface area contributed by atoms with Gasteiger partial charge in [-0.3, -0.25) is 14.9 Å². The van der Waals surface area contributed by atoms with Crippen molar-refractivity contribution in [2.24, 2.45) is 0 Å². The number of benzene rings is 1. The molecular weight excluding hydrogens is 310 g/mol. The Morgan fingerprint density at radius 2 is 1.90 bits per heavy atom. The lowest BCUT2D eigenvalue weighted by molar-refractivity contribution is -0.384. The molecule has 1 aromatic rings. The Kier molecular flexibility index (Phi) is 7.10. The van der Waals surface area contributed by atoms with Crippen LogP contribution in [0.1, 0.15) is 13.8 Å². The molecule has 0 radical (unpaired) electrons. The number of non-ortho nitro benzene ring substituents is 1. The Bertz CT molecular complexity index is 516. The van der Waals surface area contributed by atoms with Crippen molar-refractivity contribution in [3.05, 3.63) is 34.4 Å². The minimum atomic E-state index is -0.482. The van der Waals surface area contributed by atoms with E-state index in [9.17, 15) is 14.9 Å². The molecule has 21 heavy (non-hydrogen) atoms. The van der Waals surface area contributed by atoms with E-state index in [1.54, 1.807) is 0 Å². The Hall–Kier alpha value is -1.67. The van der Waals surface area contributed by atoms with E-state index in [2.05, 4.69) is 5.32 Å². The van der Waals surface area contributed by atoms with Gasteiger partial charge in [0.05, 0.1) is 10.7 Å². The molecule has 0 aliphatic heterocycles. The fourth-order valence-corrected chi connectivity index (χ4v) is 2.77. The molecular formula is C13H17N3O3S2. The maximum atomic E-state index is 11.8. The van der Waals surface area contributed by atoms with Crippen LogP contribution in [0.3, 0.4) is 0 Å². The van der Waals surface area contributed by atoms with Gasteiger partial charge in [-0.05, 0) is 26.0 Å².